The van der Waals surface area contributed by atoms with Crippen LogP contribution in [-0.2, 0) is 27.6 Å². The summed E-state index contributed by atoms with van der Waals surface area (Å²) in [5, 5.41) is 3.72. The van der Waals surface area contributed by atoms with Crippen LogP contribution >= 0.6 is 35.7 Å². The van der Waals surface area contributed by atoms with Crippen molar-refractivity contribution in [3.8, 4) is 0 Å². The monoisotopic (exact) mass is 698 g/mol. The minimum Gasteiger partial charge on any atom is -0.378 e. The Hall–Kier alpha value is -1.42. The van der Waals surface area contributed by atoms with E-state index < -0.39 is 21.6 Å². The summed E-state index contributed by atoms with van der Waals surface area (Å²) in [7, 11) is -5.34. The molecule has 2 saturated heterocycles. The highest BCUT2D eigenvalue weighted by atomic mass is 127. The van der Waals surface area contributed by atoms with Crippen LogP contribution in [0.2, 0.25) is 0 Å². The number of nitrogens with zero attached hydrogens (tertiary/aromatic N) is 2. The van der Waals surface area contributed by atoms with Crippen LogP contribution in [0.1, 0.15) is 37.8 Å². The van der Waals surface area contributed by atoms with Gasteiger partial charge in [-0.3, -0.25) is 0 Å². The molecule has 39 heavy (non-hydrogen) atoms. The third-order valence-electron chi connectivity index (χ3n) is 7.43. The fourth-order valence-electron chi connectivity index (χ4n) is 5.29. The van der Waals surface area contributed by atoms with Crippen molar-refractivity contribution in [2.75, 3.05) is 54.5 Å². The standard InChI is InChI=1S/C26H33F3N4O3S2.HI/c1-3-17-13-20(32-7-5-19(6-8-32)31-38(34,35)26(27,28)29)15-22-24(17)30-25-18(4-2)14-21(16-23(25)37-22)33-9-11-36-12-10-33;/h13-16,19,30-31H,3-12H2,1-2H3;1H. The second-order valence-electron chi connectivity index (χ2n) is 9.82. The first kappa shape index (κ1) is 30.5. The number of nitrogens with one attached hydrogen (secondary N) is 2. The molecule has 7 nitrogen and oxygen atoms in total. The number of hydrogen-bond donors (Lipinski definition) is 2. The summed E-state index contributed by atoms with van der Waals surface area (Å²) >= 11 is 1.75. The summed E-state index contributed by atoms with van der Waals surface area (Å²) < 4.78 is 68.7. The maximum atomic E-state index is 12.8. The number of aryl methyl sites for hydroxylation is 2. The number of fused-ring (bicyclic) bond motifs is 2. The number of ether oxygens (including phenoxy) is 1. The van der Waals surface area contributed by atoms with Crippen LogP contribution < -0.4 is 19.8 Å². The van der Waals surface area contributed by atoms with Crippen molar-refractivity contribution in [3.63, 3.8) is 0 Å². The van der Waals surface area contributed by atoms with Gasteiger partial charge in [-0.1, -0.05) is 25.6 Å². The number of halogens is 4. The summed E-state index contributed by atoms with van der Waals surface area (Å²) in [6.45, 7) is 8.43. The largest absolute Gasteiger partial charge is 0.511 e. The fourth-order valence-corrected chi connectivity index (χ4v) is 7.26. The molecule has 2 aromatic rings. The lowest BCUT2D eigenvalue weighted by atomic mass is 10.0. The normalized spacial score (nSPS) is 18.2. The van der Waals surface area contributed by atoms with Gasteiger partial charge in [-0.05, 0) is 61.1 Å². The van der Waals surface area contributed by atoms with E-state index in [1.54, 1.807) is 11.8 Å². The summed E-state index contributed by atoms with van der Waals surface area (Å²) in [4.78, 5) is 6.80. The maximum Gasteiger partial charge on any atom is 0.511 e. The molecule has 0 unspecified atom stereocenters. The van der Waals surface area contributed by atoms with E-state index in [2.05, 4.69) is 53.2 Å². The molecule has 0 spiro atoms. The van der Waals surface area contributed by atoms with Crippen molar-refractivity contribution >= 4 is 68.5 Å². The molecule has 5 rings (SSSR count). The number of hydrogen-bond acceptors (Lipinski definition) is 7. The van der Waals surface area contributed by atoms with Crippen molar-refractivity contribution in [2.24, 2.45) is 0 Å². The first-order valence-corrected chi connectivity index (χ1v) is 15.3. The molecule has 2 aromatic carbocycles. The molecule has 0 atom stereocenters. The van der Waals surface area contributed by atoms with E-state index in [1.165, 1.54) is 21.7 Å². The first-order valence-electron chi connectivity index (χ1n) is 13.0. The lowest BCUT2D eigenvalue weighted by Crippen LogP contribution is -2.48. The van der Waals surface area contributed by atoms with Gasteiger partial charge >= 0.3 is 15.5 Å². The predicted octanol–water partition coefficient (Wildman–Crippen LogP) is 5.88. The third kappa shape index (κ3) is 6.41. The van der Waals surface area contributed by atoms with Gasteiger partial charge in [0, 0.05) is 53.4 Å². The lowest BCUT2D eigenvalue weighted by Gasteiger charge is -2.35. The zero-order valence-corrected chi connectivity index (χ0v) is 25.9. The number of rotatable bonds is 6. The average Bonchev–Trinajstić information content (AvgIpc) is 2.90. The Morgan fingerprint density at radius 3 is 1.87 bits per heavy atom. The zero-order chi connectivity index (χ0) is 27.1. The van der Waals surface area contributed by atoms with E-state index in [9.17, 15) is 21.6 Å². The van der Waals surface area contributed by atoms with E-state index >= 15 is 0 Å². The number of morpholine rings is 1. The smallest absolute Gasteiger partial charge is 0.378 e. The molecule has 2 fully saturated rings. The molecule has 13 heteroatoms. The number of alkyl halides is 3. The highest BCUT2D eigenvalue weighted by molar-refractivity contribution is 14.0. The van der Waals surface area contributed by atoms with Crippen LogP contribution in [0, 0.1) is 0 Å². The number of sulfonamides is 1. The van der Waals surface area contributed by atoms with E-state index in [1.807, 2.05) is 4.72 Å². The van der Waals surface area contributed by atoms with Gasteiger partial charge in [0.15, 0.2) is 0 Å². The summed E-state index contributed by atoms with van der Waals surface area (Å²) in [5.41, 5.74) is 1.63. The SMILES string of the molecule is CCc1cc(N2CCOCC2)cc2c1Nc1c(CC)cc(N3CCC(NS(=O)(=O)C(F)(F)F)CC3)cc1S2.I. The molecule has 0 aromatic heterocycles. The van der Waals surface area contributed by atoms with E-state index in [0.717, 1.165) is 61.1 Å². The molecule has 0 amide bonds. The Kier molecular flexibility index (Phi) is 9.56. The molecule has 216 valence electrons. The molecule has 3 aliphatic heterocycles. The van der Waals surface area contributed by atoms with E-state index in [0.29, 0.717) is 25.9 Å². The molecular weight excluding hydrogens is 664 g/mol. The zero-order valence-electron chi connectivity index (χ0n) is 21.9. The van der Waals surface area contributed by atoms with Gasteiger partial charge in [0.2, 0.25) is 0 Å². The van der Waals surface area contributed by atoms with Gasteiger partial charge in [-0.2, -0.15) is 13.2 Å². The van der Waals surface area contributed by atoms with Crippen LogP contribution in [0.25, 0.3) is 0 Å². The summed E-state index contributed by atoms with van der Waals surface area (Å²) in [6, 6.07) is 8.08. The van der Waals surface area contributed by atoms with Crippen LogP contribution in [0.15, 0.2) is 34.1 Å². The number of benzene rings is 2. The second kappa shape index (κ2) is 12.2. The second-order valence-corrected chi connectivity index (χ2v) is 12.6. The van der Waals surface area contributed by atoms with Crippen LogP contribution in [0.3, 0.4) is 0 Å². The van der Waals surface area contributed by atoms with Gasteiger partial charge in [0.1, 0.15) is 0 Å². The third-order valence-corrected chi connectivity index (χ3v) is 9.77. The van der Waals surface area contributed by atoms with Crippen molar-refractivity contribution in [3.05, 3.63) is 35.4 Å². The highest BCUT2D eigenvalue weighted by Gasteiger charge is 2.47. The van der Waals surface area contributed by atoms with Crippen LogP contribution in [0.5, 0.6) is 0 Å². The molecule has 3 heterocycles. The predicted molar refractivity (Wildman–Crippen MR) is 161 cm³/mol. The topological polar surface area (TPSA) is 73.9 Å². The Labute approximate surface area is 249 Å². The summed E-state index contributed by atoms with van der Waals surface area (Å²) in [6.07, 6.45) is 2.36. The Balaban J connectivity index is 0.00000353. The van der Waals surface area contributed by atoms with Crippen molar-refractivity contribution in [2.45, 2.75) is 60.9 Å². The average molecular weight is 699 g/mol. The van der Waals surface area contributed by atoms with Crippen molar-refractivity contribution < 1.29 is 26.3 Å². The maximum absolute atomic E-state index is 12.8. The highest BCUT2D eigenvalue weighted by Crippen LogP contribution is 2.50. The molecular formula is C26H34F3IN4O3S2. The van der Waals surface area contributed by atoms with E-state index in [-0.39, 0.29) is 24.0 Å². The van der Waals surface area contributed by atoms with Crippen LogP contribution in [-0.4, -0.2) is 59.4 Å². The van der Waals surface area contributed by atoms with Gasteiger partial charge in [0.05, 0.1) is 24.6 Å². The van der Waals surface area contributed by atoms with Crippen molar-refractivity contribution in [1.29, 1.82) is 0 Å². The minimum absolute atomic E-state index is 0. The molecule has 0 bridgehead atoms. The summed E-state index contributed by atoms with van der Waals surface area (Å²) in [5.74, 6) is 0. The van der Waals surface area contributed by atoms with Gasteiger partial charge < -0.3 is 19.9 Å². The molecule has 0 aliphatic carbocycles. The molecule has 2 N–H and O–H groups in total. The Bertz CT molecular complexity index is 1300. The van der Waals surface area contributed by atoms with Crippen molar-refractivity contribution in [1.82, 2.24) is 4.72 Å². The quantitative estimate of drug-likeness (QED) is 0.312. The van der Waals surface area contributed by atoms with E-state index in [4.69, 9.17) is 4.74 Å². The first-order chi connectivity index (χ1) is 18.1. The van der Waals surface area contributed by atoms with Crippen LogP contribution in [0.4, 0.5) is 35.9 Å². The Morgan fingerprint density at radius 1 is 0.923 bits per heavy atom. The lowest BCUT2D eigenvalue weighted by molar-refractivity contribution is -0.0451. The van der Waals surface area contributed by atoms with Gasteiger partial charge in [0.25, 0.3) is 0 Å². The molecule has 0 radical (unpaired) electrons. The van der Waals surface area contributed by atoms with Gasteiger partial charge in [-0.25, -0.2) is 13.1 Å². The molecule has 3 aliphatic rings. The van der Waals surface area contributed by atoms with Gasteiger partial charge in [-0.15, -0.1) is 24.0 Å². The Morgan fingerprint density at radius 2 is 1.41 bits per heavy atom. The number of piperidine rings is 1. The molecule has 0 saturated carbocycles. The number of anilines is 4. The fraction of sp³-hybridized carbons (Fsp3) is 0.538. The minimum atomic E-state index is -5.34.